The first-order valence-corrected chi connectivity index (χ1v) is 12.3. The fourth-order valence-electron chi connectivity index (χ4n) is 5.07. The van der Waals surface area contributed by atoms with E-state index in [2.05, 4.69) is 16.4 Å². The number of halogens is 1. The number of rotatable bonds is 4. The van der Waals surface area contributed by atoms with Crippen molar-refractivity contribution in [2.75, 3.05) is 6.61 Å². The van der Waals surface area contributed by atoms with Gasteiger partial charge in [0.25, 0.3) is 5.91 Å². The molecule has 7 nitrogen and oxygen atoms in total. The lowest BCUT2D eigenvalue weighted by Gasteiger charge is -2.30. The summed E-state index contributed by atoms with van der Waals surface area (Å²) < 4.78 is 22.0. The highest BCUT2D eigenvalue weighted by Crippen LogP contribution is 2.33. The zero-order chi connectivity index (χ0) is 26.4. The molecule has 0 spiro atoms. The number of carbonyl (C=O) groups excluding carboxylic acids is 1. The number of ether oxygens (including phenoxy) is 1. The van der Waals surface area contributed by atoms with E-state index in [1.54, 1.807) is 22.9 Å². The summed E-state index contributed by atoms with van der Waals surface area (Å²) in [5, 5.41) is 14.0. The van der Waals surface area contributed by atoms with E-state index in [1.165, 1.54) is 6.20 Å². The number of nitriles is 1. The van der Waals surface area contributed by atoms with Crippen molar-refractivity contribution in [2.24, 2.45) is 7.05 Å². The summed E-state index contributed by atoms with van der Waals surface area (Å²) in [6, 6.07) is 18.9. The summed E-state index contributed by atoms with van der Waals surface area (Å²) in [7, 11) is 1.82. The topological polar surface area (TPSA) is 92.8 Å². The Balaban J connectivity index is 1.26. The Hall–Kier alpha value is -4.61. The van der Waals surface area contributed by atoms with Crippen LogP contribution < -0.4 is 5.32 Å². The van der Waals surface area contributed by atoms with Crippen molar-refractivity contribution in [3.05, 3.63) is 95.2 Å². The molecule has 1 N–H and O–H groups in total. The normalized spacial score (nSPS) is 16.8. The molecule has 0 bridgehead atoms. The van der Waals surface area contributed by atoms with Gasteiger partial charge in [0.1, 0.15) is 11.2 Å². The van der Waals surface area contributed by atoms with E-state index < -0.39 is 5.41 Å². The van der Waals surface area contributed by atoms with Crippen LogP contribution in [0.2, 0.25) is 0 Å². The van der Waals surface area contributed by atoms with Crippen LogP contribution in [0.25, 0.3) is 33.1 Å². The van der Waals surface area contributed by atoms with E-state index in [9.17, 15) is 14.4 Å². The number of pyridine rings is 2. The van der Waals surface area contributed by atoms with Crippen LogP contribution >= 0.6 is 0 Å². The number of aromatic nitrogens is 3. The second-order valence-corrected chi connectivity index (χ2v) is 9.84. The molecule has 3 aromatic heterocycles. The number of amides is 1. The molecule has 4 heterocycles. The number of nitrogens with one attached hydrogen (secondary N) is 1. The lowest BCUT2D eigenvalue weighted by Crippen LogP contribution is -2.33. The summed E-state index contributed by atoms with van der Waals surface area (Å²) in [6.07, 6.45) is 3.19. The Kier molecular flexibility index (Phi) is 5.66. The number of aryl methyl sites for hydroxylation is 1. The van der Waals surface area contributed by atoms with E-state index in [4.69, 9.17) is 9.72 Å². The van der Waals surface area contributed by atoms with Gasteiger partial charge in [0.05, 0.1) is 48.2 Å². The molecule has 8 heteroatoms. The van der Waals surface area contributed by atoms with Gasteiger partial charge < -0.3 is 14.6 Å². The number of benzene rings is 2. The zero-order valence-electron chi connectivity index (χ0n) is 21.0. The van der Waals surface area contributed by atoms with Gasteiger partial charge in [-0.1, -0.05) is 18.2 Å². The molecule has 0 aliphatic carbocycles. The average Bonchev–Trinajstić information content (AvgIpc) is 3.24. The number of hydrogen-bond acceptors (Lipinski definition) is 5. The van der Waals surface area contributed by atoms with Crippen LogP contribution in [0.15, 0.2) is 67.0 Å². The molecular formula is C30H24FN5O2. The lowest BCUT2D eigenvalue weighted by molar-refractivity contribution is 0.0757. The molecule has 1 aliphatic rings. The van der Waals surface area contributed by atoms with Gasteiger partial charge in [-0.05, 0) is 54.4 Å². The van der Waals surface area contributed by atoms with Crippen molar-refractivity contribution in [3.8, 4) is 17.3 Å². The lowest BCUT2D eigenvalue weighted by atomic mass is 9.79. The van der Waals surface area contributed by atoms with Crippen LogP contribution in [0.3, 0.4) is 0 Å². The summed E-state index contributed by atoms with van der Waals surface area (Å²) in [5.41, 5.74) is 4.95. The Morgan fingerprint density at radius 1 is 1.24 bits per heavy atom. The first kappa shape index (κ1) is 23.8. The molecule has 0 saturated heterocycles. The summed E-state index contributed by atoms with van der Waals surface area (Å²) in [5.74, 6) is -0.544. The standard InChI is InChI=1S/C30H24FN5O2/c1-30(16-32)17-38-15-20-7-6-18(10-23(20)30)29(37)34-13-21-11-26-19(12-33-21)8-9-25(35-26)22-4-3-5-27-28(22)24(31)14-36(27)2/h3-12,14H,13,15,17H2,1-2H3,(H,34,37)/t30-/m1/s1. The van der Waals surface area contributed by atoms with E-state index >= 15 is 0 Å². The molecule has 0 fully saturated rings. The molecule has 1 amide bonds. The highest BCUT2D eigenvalue weighted by molar-refractivity contribution is 5.96. The number of carbonyl (C=O) groups is 1. The minimum absolute atomic E-state index is 0.208. The van der Waals surface area contributed by atoms with Gasteiger partial charge in [0.2, 0.25) is 0 Å². The van der Waals surface area contributed by atoms with Gasteiger partial charge in [0.15, 0.2) is 0 Å². The second-order valence-electron chi connectivity index (χ2n) is 9.84. The molecule has 0 radical (unpaired) electrons. The Morgan fingerprint density at radius 3 is 2.95 bits per heavy atom. The molecule has 188 valence electrons. The van der Waals surface area contributed by atoms with E-state index in [1.807, 2.05) is 56.4 Å². The molecule has 0 unspecified atom stereocenters. The number of nitrogens with zero attached hydrogens (tertiary/aromatic N) is 4. The van der Waals surface area contributed by atoms with Gasteiger partial charge in [-0.3, -0.25) is 9.78 Å². The van der Waals surface area contributed by atoms with Crippen LogP contribution in [0, 0.1) is 17.1 Å². The molecule has 1 atom stereocenters. The van der Waals surface area contributed by atoms with Crippen molar-refractivity contribution in [1.29, 1.82) is 5.26 Å². The highest BCUT2D eigenvalue weighted by Gasteiger charge is 2.33. The third-order valence-corrected chi connectivity index (χ3v) is 7.17. The SMILES string of the molecule is Cn1cc(F)c2c(-c3ccc4cnc(CNC(=O)c5ccc6c(c5)[C@](C)(C#N)COC6)cc4n3)cccc21. The fourth-order valence-corrected chi connectivity index (χ4v) is 5.07. The maximum Gasteiger partial charge on any atom is 0.251 e. The maximum atomic E-state index is 14.7. The minimum Gasteiger partial charge on any atom is -0.375 e. The predicted molar refractivity (Wildman–Crippen MR) is 142 cm³/mol. The third kappa shape index (κ3) is 3.98. The molecule has 6 rings (SSSR count). The summed E-state index contributed by atoms with van der Waals surface area (Å²) >= 11 is 0. The first-order chi connectivity index (χ1) is 18.4. The Labute approximate surface area is 218 Å². The Bertz CT molecular complexity index is 1790. The second kappa shape index (κ2) is 9.05. The van der Waals surface area contributed by atoms with Crippen molar-refractivity contribution in [2.45, 2.75) is 25.5 Å². The molecule has 5 aromatic rings. The Morgan fingerprint density at radius 2 is 2.11 bits per heavy atom. The minimum atomic E-state index is -0.792. The summed E-state index contributed by atoms with van der Waals surface area (Å²) in [4.78, 5) is 22.2. The maximum absolute atomic E-state index is 14.7. The van der Waals surface area contributed by atoms with Gasteiger partial charge in [-0.2, -0.15) is 5.26 Å². The molecular weight excluding hydrogens is 481 g/mol. The summed E-state index contributed by atoms with van der Waals surface area (Å²) in [6.45, 7) is 2.75. The largest absolute Gasteiger partial charge is 0.375 e. The average molecular weight is 506 g/mol. The fraction of sp³-hybridized carbons (Fsp3) is 0.200. The van der Waals surface area contributed by atoms with Crippen molar-refractivity contribution in [1.82, 2.24) is 19.9 Å². The van der Waals surface area contributed by atoms with Gasteiger partial charge in [0, 0.05) is 41.3 Å². The number of fused-ring (bicyclic) bond motifs is 3. The smallest absolute Gasteiger partial charge is 0.251 e. The highest BCUT2D eigenvalue weighted by atomic mass is 19.1. The van der Waals surface area contributed by atoms with E-state index in [-0.39, 0.29) is 18.3 Å². The van der Waals surface area contributed by atoms with E-state index in [0.29, 0.717) is 41.1 Å². The molecule has 38 heavy (non-hydrogen) atoms. The molecule has 1 aliphatic heterocycles. The van der Waals surface area contributed by atoms with Gasteiger partial charge >= 0.3 is 0 Å². The van der Waals surface area contributed by atoms with Crippen LogP contribution in [-0.2, 0) is 30.4 Å². The van der Waals surface area contributed by atoms with Gasteiger partial charge in [-0.25, -0.2) is 9.37 Å². The van der Waals surface area contributed by atoms with Crippen molar-refractivity contribution < 1.29 is 13.9 Å². The van der Waals surface area contributed by atoms with Crippen molar-refractivity contribution >= 4 is 27.7 Å². The zero-order valence-corrected chi connectivity index (χ0v) is 21.0. The number of hydrogen-bond donors (Lipinski definition) is 1. The predicted octanol–water partition coefficient (Wildman–Crippen LogP) is 5.17. The molecule has 0 saturated carbocycles. The van der Waals surface area contributed by atoms with Crippen LogP contribution in [0.5, 0.6) is 0 Å². The van der Waals surface area contributed by atoms with Crippen molar-refractivity contribution in [3.63, 3.8) is 0 Å². The quantitative estimate of drug-likeness (QED) is 0.364. The van der Waals surface area contributed by atoms with E-state index in [0.717, 1.165) is 27.6 Å². The van der Waals surface area contributed by atoms with Crippen LogP contribution in [0.4, 0.5) is 4.39 Å². The third-order valence-electron chi connectivity index (χ3n) is 7.17. The molecule has 2 aromatic carbocycles. The first-order valence-electron chi connectivity index (χ1n) is 12.3. The monoisotopic (exact) mass is 505 g/mol. The van der Waals surface area contributed by atoms with Crippen LogP contribution in [-0.4, -0.2) is 27.0 Å². The van der Waals surface area contributed by atoms with Crippen LogP contribution in [0.1, 0.15) is 34.1 Å². The van der Waals surface area contributed by atoms with Gasteiger partial charge in [-0.15, -0.1) is 0 Å².